The van der Waals surface area contributed by atoms with E-state index in [4.69, 9.17) is 0 Å². The normalized spacial score (nSPS) is 17.9. The summed E-state index contributed by atoms with van der Waals surface area (Å²) in [4.78, 5) is 5.62. The van der Waals surface area contributed by atoms with Gasteiger partial charge in [0.05, 0.1) is 17.8 Å². The molecule has 0 bridgehead atoms. The summed E-state index contributed by atoms with van der Waals surface area (Å²) in [5.74, 6) is 0.659. The van der Waals surface area contributed by atoms with E-state index in [9.17, 15) is 13.2 Å². The summed E-state index contributed by atoms with van der Waals surface area (Å²) < 4.78 is 38.2. The average Bonchev–Trinajstić information content (AvgIpc) is 3.15. The van der Waals surface area contributed by atoms with Crippen LogP contribution in [0.4, 0.5) is 18.9 Å². The monoisotopic (exact) mass is 416 g/mol. The van der Waals surface area contributed by atoms with Gasteiger partial charge < -0.3 is 5.32 Å². The minimum Gasteiger partial charge on any atom is -0.380 e. The first-order valence-corrected chi connectivity index (χ1v) is 10.4. The molecule has 3 aromatic rings. The summed E-state index contributed by atoms with van der Waals surface area (Å²) in [5, 5.41) is 4.16. The maximum absolute atomic E-state index is 12.7. The van der Waals surface area contributed by atoms with Crippen molar-refractivity contribution in [1.29, 1.82) is 0 Å². The Bertz CT molecular complexity index is 1000. The Hall–Kier alpha value is -2.34. The molecule has 0 saturated heterocycles. The lowest BCUT2D eigenvalue weighted by Gasteiger charge is -2.08. The van der Waals surface area contributed by atoms with Gasteiger partial charge in [0.25, 0.3) is 0 Å². The van der Waals surface area contributed by atoms with E-state index in [1.54, 1.807) is 0 Å². The second-order valence-electron chi connectivity index (χ2n) is 8.32. The van der Waals surface area contributed by atoms with Gasteiger partial charge >= 0.3 is 6.18 Å². The number of halogens is 3. The van der Waals surface area contributed by atoms with Crippen LogP contribution >= 0.6 is 11.3 Å². The van der Waals surface area contributed by atoms with Crippen molar-refractivity contribution in [3.05, 3.63) is 70.2 Å². The van der Waals surface area contributed by atoms with E-state index in [0.717, 1.165) is 33.4 Å². The molecular formula is C23H23F3N2S. The fraction of sp³-hybridized carbons (Fsp3) is 0.348. The van der Waals surface area contributed by atoms with E-state index in [2.05, 4.69) is 48.4 Å². The molecule has 0 spiro atoms. The first-order valence-electron chi connectivity index (χ1n) is 9.61. The van der Waals surface area contributed by atoms with Gasteiger partial charge in [-0.25, -0.2) is 4.98 Å². The molecule has 1 N–H and O–H groups in total. The molecule has 1 aliphatic carbocycles. The maximum atomic E-state index is 12.7. The quantitative estimate of drug-likeness (QED) is 0.473. The fourth-order valence-electron chi connectivity index (χ4n) is 3.57. The molecule has 0 aliphatic heterocycles. The van der Waals surface area contributed by atoms with E-state index >= 15 is 0 Å². The molecule has 4 rings (SSSR count). The number of nitrogens with one attached hydrogen (secondary N) is 1. The molecule has 29 heavy (non-hydrogen) atoms. The number of alkyl halides is 3. The van der Waals surface area contributed by atoms with Crippen molar-refractivity contribution in [3.8, 4) is 10.6 Å². The van der Waals surface area contributed by atoms with Crippen molar-refractivity contribution in [2.75, 3.05) is 5.32 Å². The van der Waals surface area contributed by atoms with Crippen LogP contribution in [0.25, 0.3) is 10.6 Å². The third-order valence-corrected chi connectivity index (χ3v) is 6.84. The van der Waals surface area contributed by atoms with Gasteiger partial charge in [-0.3, -0.25) is 0 Å². The highest BCUT2D eigenvalue weighted by Crippen LogP contribution is 2.58. The molecular weight excluding hydrogens is 393 g/mol. The van der Waals surface area contributed by atoms with Crippen molar-refractivity contribution in [2.24, 2.45) is 5.41 Å². The molecule has 1 unspecified atom stereocenters. The van der Waals surface area contributed by atoms with Gasteiger partial charge in [-0.05, 0) is 54.5 Å². The topological polar surface area (TPSA) is 24.9 Å². The molecule has 6 heteroatoms. The van der Waals surface area contributed by atoms with Gasteiger partial charge in [0.1, 0.15) is 5.01 Å². The average molecular weight is 417 g/mol. The Morgan fingerprint density at radius 1 is 1.07 bits per heavy atom. The number of anilines is 1. The molecule has 0 amide bonds. The minimum atomic E-state index is -4.32. The van der Waals surface area contributed by atoms with Crippen LogP contribution < -0.4 is 5.32 Å². The van der Waals surface area contributed by atoms with Crippen molar-refractivity contribution < 1.29 is 13.2 Å². The summed E-state index contributed by atoms with van der Waals surface area (Å²) in [6, 6.07) is 13.8. The van der Waals surface area contributed by atoms with Crippen LogP contribution in [0.2, 0.25) is 0 Å². The summed E-state index contributed by atoms with van der Waals surface area (Å²) in [6.07, 6.45) is -3.08. The van der Waals surface area contributed by atoms with Gasteiger partial charge in [-0.2, -0.15) is 13.2 Å². The highest BCUT2D eigenvalue weighted by atomic mass is 32.1. The number of aromatic nitrogens is 1. The lowest BCUT2D eigenvalue weighted by atomic mass is 10.0. The largest absolute Gasteiger partial charge is 0.416 e. The number of hydrogen-bond donors (Lipinski definition) is 1. The van der Waals surface area contributed by atoms with E-state index < -0.39 is 11.7 Å². The molecule has 1 atom stereocenters. The van der Waals surface area contributed by atoms with Crippen LogP contribution in [0.15, 0.2) is 48.5 Å². The van der Waals surface area contributed by atoms with E-state index in [1.807, 2.05) is 6.92 Å². The third kappa shape index (κ3) is 4.32. The van der Waals surface area contributed by atoms with Gasteiger partial charge in [-0.15, -0.1) is 11.3 Å². The van der Waals surface area contributed by atoms with E-state index in [1.165, 1.54) is 35.5 Å². The number of hydrogen-bond acceptors (Lipinski definition) is 3. The zero-order valence-corrected chi connectivity index (χ0v) is 17.4. The van der Waals surface area contributed by atoms with Crippen LogP contribution in [0.1, 0.15) is 47.9 Å². The number of nitrogens with zero attached hydrogens (tertiary/aromatic N) is 1. The van der Waals surface area contributed by atoms with Crippen molar-refractivity contribution >= 4 is 17.0 Å². The summed E-state index contributed by atoms with van der Waals surface area (Å²) in [7, 11) is 0. The number of benzene rings is 2. The zero-order chi connectivity index (χ0) is 20.8. The number of thiazole rings is 1. The van der Waals surface area contributed by atoms with Gasteiger partial charge in [-0.1, -0.05) is 38.1 Å². The number of aryl methyl sites for hydroxylation is 1. The van der Waals surface area contributed by atoms with Gasteiger partial charge in [0.15, 0.2) is 0 Å². The number of rotatable bonds is 5. The Labute approximate surface area is 172 Å². The van der Waals surface area contributed by atoms with Crippen LogP contribution in [-0.4, -0.2) is 4.98 Å². The molecule has 2 aromatic carbocycles. The van der Waals surface area contributed by atoms with Crippen LogP contribution in [0.3, 0.4) is 0 Å². The van der Waals surface area contributed by atoms with E-state index in [0.29, 0.717) is 23.4 Å². The molecule has 1 aromatic heterocycles. The fourth-order valence-corrected chi connectivity index (χ4v) is 4.58. The summed E-state index contributed by atoms with van der Waals surface area (Å²) in [5.41, 5.74) is 3.82. The molecule has 1 fully saturated rings. The smallest absolute Gasteiger partial charge is 0.380 e. The van der Waals surface area contributed by atoms with Gasteiger partial charge in [0.2, 0.25) is 0 Å². The summed E-state index contributed by atoms with van der Waals surface area (Å²) >= 11 is 1.51. The zero-order valence-electron chi connectivity index (χ0n) is 16.6. The first-order chi connectivity index (χ1) is 13.6. The molecule has 2 nitrogen and oxygen atoms in total. The molecule has 0 radical (unpaired) electrons. The van der Waals surface area contributed by atoms with Crippen molar-refractivity contribution in [3.63, 3.8) is 0 Å². The Morgan fingerprint density at radius 2 is 1.69 bits per heavy atom. The molecule has 1 heterocycles. The lowest BCUT2D eigenvalue weighted by Crippen LogP contribution is -2.03. The third-order valence-electron chi connectivity index (χ3n) is 5.63. The second kappa shape index (κ2) is 7.17. The summed E-state index contributed by atoms with van der Waals surface area (Å²) in [6.45, 7) is 7.16. The first kappa shape index (κ1) is 20.0. The predicted octanol–water partition coefficient (Wildman–Crippen LogP) is 7.26. The Balaban J connectivity index is 1.42. The van der Waals surface area contributed by atoms with Crippen LogP contribution in [0, 0.1) is 12.3 Å². The van der Waals surface area contributed by atoms with E-state index in [-0.39, 0.29) is 0 Å². The Morgan fingerprint density at radius 3 is 2.24 bits per heavy atom. The Kier molecular flexibility index (Phi) is 4.93. The molecule has 1 aliphatic rings. The maximum Gasteiger partial charge on any atom is 0.416 e. The highest BCUT2D eigenvalue weighted by molar-refractivity contribution is 7.15. The van der Waals surface area contributed by atoms with Crippen LogP contribution in [0.5, 0.6) is 0 Å². The van der Waals surface area contributed by atoms with Crippen molar-refractivity contribution in [1.82, 2.24) is 4.98 Å². The molecule has 152 valence electrons. The SMILES string of the molecule is Cc1nc(-c2ccc(C(F)(F)F)cc2)sc1CNc1ccc(C2CC2(C)C)cc1. The second-order valence-corrected chi connectivity index (χ2v) is 9.41. The molecule has 1 saturated carbocycles. The predicted molar refractivity (Wildman–Crippen MR) is 112 cm³/mol. The standard InChI is InChI=1S/C23H23F3N2S/c1-14-20(13-27-18-10-6-15(7-11-18)19-12-22(19,2)3)29-21(28-14)16-4-8-17(9-5-16)23(24,25)26/h4-11,19,27H,12-13H2,1-3H3. The highest BCUT2D eigenvalue weighted by Gasteiger charge is 2.46. The van der Waals surface area contributed by atoms with Crippen molar-refractivity contribution in [2.45, 2.75) is 45.8 Å². The van der Waals surface area contributed by atoms with Crippen LogP contribution in [-0.2, 0) is 12.7 Å². The lowest BCUT2D eigenvalue weighted by molar-refractivity contribution is -0.137. The minimum absolute atomic E-state index is 0.420. The van der Waals surface area contributed by atoms with Gasteiger partial charge in [0, 0.05) is 16.1 Å².